The molecule has 0 aliphatic rings. The molecule has 4 heteroatoms. The van der Waals surface area contributed by atoms with Crippen LogP contribution >= 0.6 is 11.6 Å². The zero-order valence-corrected chi connectivity index (χ0v) is 12.0. The lowest BCUT2D eigenvalue weighted by Crippen LogP contribution is -2.21. The Morgan fingerprint density at radius 1 is 1.25 bits per heavy atom. The third-order valence-electron chi connectivity index (χ3n) is 3.09. The van der Waals surface area contributed by atoms with E-state index in [1.54, 1.807) is 24.3 Å². The zero-order chi connectivity index (χ0) is 14.5. The molecule has 20 heavy (non-hydrogen) atoms. The second-order valence-electron chi connectivity index (χ2n) is 4.65. The highest BCUT2D eigenvalue weighted by molar-refractivity contribution is 6.31. The molecular weight excluding hydrogens is 277 g/mol. The van der Waals surface area contributed by atoms with Crippen LogP contribution in [0.25, 0.3) is 0 Å². The van der Waals surface area contributed by atoms with Crippen LogP contribution in [0.1, 0.15) is 18.9 Å². The minimum Gasteiger partial charge on any atom is -0.457 e. The number of nitrogens with two attached hydrogens (primary N) is 1. The minimum atomic E-state index is -0.337. The highest BCUT2D eigenvalue weighted by atomic mass is 35.5. The molecule has 2 aromatic carbocycles. The average molecular weight is 294 g/mol. The summed E-state index contributed by atoms with van der Waals surface area (Å²) in [5.74, 6) is 0.724. The second-order valence-corrected chi connectivity index (χ2v) is 5.06. The second kappa shape index (κ2) is 6.73. The van der Waals surface area contributed by atoms with Crippen LogP contribution in [-0.4, -0.2) is 6.04 Å². The van der Waals surface area contributed by atoms with Gasteiger partial charge in [-0.3, -0.25) is 0 Å². The quantitative estimate of drug-likeness (QED) is 0.877. The molecule has 2 rings (SSSR count). The van der Waals surface area contributed by atoms with E-state index in [4.69, 9.17) is 22.1 Å². The van der Waals surface area contributed by atoms with E-state index in [9.17, 15) is 4.39 Å². The van der Waals surface area contributed by atoms with Crippen molar-refractivity contribution in [2.24, 2.45) is 5.73 Å². The molecule has 0 bridgehead atoms. The van der Waals surface area contributed by atoms with Gasteiger partial charge in [-0.1, -0.05) is 30.7 Å². The highest BCUT2D eigenvalue weighted by Crippen LogP contribution is 2.31. The molecule has 0 saturated carbocycles. The molecule has 0 aliphatic heterocycles. The van der Waals surface area contributed by atoms with Crippen LogP contribution in [0.15, 0.2) is 42.5 Å². The van der Waals surface area contributed by atoms with E-state index in [2.05, 4.69) is 0 Å². The number of hydrogen-bond acceptors (Lipinski definition) is 2. The fraction of sp³-hybridized carbons (Fsp3) is 0.250. The standard InChI is InChI=1S/C16H17ClFNO/c1-2-12(19)10-14-15(17)7-4-8-16(14)20-13-6-3-5-11(18)9-13/h3-9,12H,2,10,19H2,1H3. The van der Waals surface area contributed by atoms with Gasteiger partial charge in [-0.15, -0.1) is 0 Å². The topological polar surface area (TPSA) is 35.2 Å². The van der Waals surface area contributed by atoms with E-state index in [1.165, 1.54) is 12.1 Å². The van der Waals surface area contributed by atoms with Crippen LogP contribution in [0.2, 0.25) is 5.02 Å². The molecule has 0 fully saturated rings. The summed E-state index contributed by atoms with van der Waals surface area (Å²) < 4.78 is 18.9. The van der Waals surface area contributed by atoms with Crippen molar-refractivity contribution in [3.8, 4) is 11.5 Å². The van der Waals surface area contributed by atoms with Gasteiger partial charge in [0.15, 0.2) is 0 Å². The van der Waals surface area contributed by atoms with Gasteiger partial charge in [-0.2, -0.15) is 0 Å². The van der Waals surface area contributed by atoms with E-state index >= 15 is 0 Å². The smallest absolute Gasteiger partial charge is 0.132 e. The molecule has 106 valence electrons. The van der Waals surface area contributed by atoms with Crippen LogP contribution in [-0.2, 0) is 6.42 Å². The van der Waals surface area contributed by atoms with Gasteiger partial charge in [0.25, 0.3) is 0 Å². The summed E-state index contributed by atoms with van der Waals surface area (Å²) in [6.45, 7) is 2.02. The number of hydrogen-bond donors (Lipinski definition) is 1. The van der Waals surface area contributed by atoms with Crippen LogP contribution in [0, 0.1) is 5.82 Å². The van der Waals surface area contributed by atoms with Gasteiger partial charge < -0.3 is 10.5 Å². The predicted molar refractivity (Wildman–Crippen MR) is 79.9 cm³/mol. The normalized spacial score (nSPS) is 12.2. The molecular formula is C16H17ClFNO. The highest BCUT2D eigenvalue weighted by Gasteiger charge is 2.12. The first-order chi connectivity index (χ1) is 9.60. The van der Waals surface area contributed by atoms with Gasteiger partial charge in [0.1, 0.15) is 17.3 Å². The SMILES string of the molecule is CCC(N)Cc1c(Cl)cccc1Oc1cccc(F)c1. The lowest BCUT2D eigenvalue weighted by molar-refractivity contribution is 0.467. The Bertz CT molecular complexity index is 588. The first-order valence-electron chi connectivity index (χ1n) is 6.56. The van der Waals surface area contributed by atoms with Gasteiger partial charge in [-0.25, -0.2) is 4.39 Å². The van der Waals surface area contributed by atoms with E-state index in [0.717, 1.165) is 12.0 Å². The predicted octanol–water partition coefficient (Wildman–Crippen LogP) is 4.55. The van der Waals surface area contributed by atoms with Gasteiger partial charge in [0.05, 0.1) is 0 Å². The summed E-state index contributed by atoms with van der Waals surface area (Å²) in [7, 11) is 0. The maximum atomic E-state index is 13.2. The number of benzene rings is 2. The summed E-state index contributed by atoms with van der Waals surface area (Å²) in [4.78, 5) is 0. The molecule has 0 saturated heterocycles. The molecule has 1 unspecified atom stereocenters. The Morgan fingerprint density at radius 3 is 2.70 bits per heavy atom. The van der Waals surface area contributed by atoms with Crippen molar-refractivity contribution < 1.29 is 9.13 Å². The molecule has 0 heterocycles. The first kappa shape index (κ1) is 14.8. The van der Waals surface area contributed by atoms with Gasteiger partial charge in [-0.05, 0) is 37.1 Å². The fourth-order valence-electron chi connectivity index (χ4n) is 1.90. The lowest BCUT2D eigenvalue weighted by atomic mass is 10.0. The van der Waals surface area contributed by atoms with Crippen LogP contribution < -0.4 is 10.5 Å². The van der Waals surface area contributed by atoms with Crippen molar-refractivity contribution in [2.75, 3.05) is 0 Å². The van der Waals surface area contributed by atoms with Crippen molar-refractivity contribution >= 4 is 11.6 Å². The number of ether oxygens (including phenoxy) is 1. The minimum absolute atomic E-state index is 0.0183. The van der Waals surface area contributed by atoms with Gasteiger partial charge in [0.2, 0.25) is 0 Å². The van der Waals surface area contributed by atoms with Gasteiger partial charge in [0, 0.05) is 22.7 Å². The van der Waals surface area contributed by atoms with Crippen molar-refractivity contribution in [3.63, 3.8) is 0 Å². The Labute approximate surface area is 123 Å². The van der Waals surface area contributed by atoms with Crippen molar-refractivity contribution in [2.45, 2.75) is 25.8 Å². The lowest BCUT2D eigenvalue weighted by Gasteiger charge is -2.15. The molecule has 1 atom stereocenters. The summed E-state index contributed by atoms with van der Waals surface area (Å²) in [6, 6.07) is 11.5. The first-order valence-corrected chi connectivity index (χ1v) is 6.94. The van der Waals surface area contributed by atoms with Crippen molar-refractivity contribution in [1.82, 2.24) is 0 Å². The van der Waals surface area contributed by atoms with E-state index in [0.29, 0.717) is 22.9 Å². The number of halogens is 2. The summed E-state index contributed by atoms with van der Waals surface area (Å²) in [5.41, 5.74) is 6.84. The summed E-state index contributed by atoms with van der Waals surface area (Å²) >= 11 is 6.22. The van der Waals surface area contributed by atoms with Crippen LogP contribution in [0.4, 0.5) is 4.39 Å². The maximum absolute atomic E-state index is 13.2. The van der Waals surface area contributed by atoms with Crippen LogP contribution in [0.5, 0.6) is 11.5 Å². The van der Waals surface area contributed by atoms with Crippen molar-refractivity contribution in [3.05, 3.63) is 58.9 Å². The molecule has 2 nitrogen and oxygen atoms in total. The van der Waals surface area contributed by atoms with Crippen molar-refractivity contribution in [1.29, 1.82) is 0 Å². The molecule has 0 amide bonds. The van der Waals surface area contributed by atoms with Gasteiger partial charge >= 0.3 is 0 Å². The Morgan fingerprint density at radius 2 is 2.00 bits per heavy atom. The third kappa shape index (κ3) is 3.71. The monoisotopic (exact) mass is 293 g/mol. The zero-order valence-electron chi connectivity index (χ0n) is 11.3. The fourth-order valence-corrected chi connectivity index (χ4v) is 2.14. The van der Waals surface area contributed by atoms with Crippen LogP contribution in [0.3, 0.4) is 0 Å². The maximum Gasteiger partial charge on any atom is 0.132 e. The molecule has 2 N–H and O–H groups in total. The average Bonchev–Trinajstić information content (AvgIpc) is 2.42. The summed E-state index contributed by atoms with van der Waals surface area (Å²) in [6.07, 6.45) is 1.48. The van der Waals surface area contributed by atoms with E-state index in [-0.39, 0.29) is 11.9 Å². The van der Waals surface area contributed by atoms with E-state index in [1.807, 2.05) is 13.0 Å². The molecule has 0 aromatic heterocycles. The summed E-state index contributed by atoms with van der Waals surface area (Å²) in [5, 5.41) is 0.614. The van der Waals surface area contributed by atoms with E-state index < -0.39 is 0 Å². The Balaban J connectivity index is 2.29. The Hall–Kier alpha value is -1.58. The Kier molecular flexibility index (Phi) is 4.99. The molecule has 0 spiro atoms. The molecule has 0 aliphatic carbocycles. The largest absolute Gasteiger partial charge is 0.457 e. The molecule has 0 radical (unpaired) electrons. The molecule has 2 aromatic rings. The third-order valence-corrected chi connectivity index (χ3v) is 3.44. The number of rotatable bonds is 5.